The van der Waals surface area contributed by atoms with Crippen LogP contribution >= 0.6 is 0 Å². The van der Waals surface area contributed by atoms with E-state index < -0.39 is 6.10 Å². The van der Waals surface area contributed by atoms with E-state index in [1.54, 1.807) is 25.3 Å². The molecule has 1 N–H and O–H groups in total. The zero-order valence-electron chi connectivity index (χ0n) is 14.4. The van der Waals surface area contributed by atoms with Crippen LogP contribution in [0.15, 0.2) is 41.5 Å². The topological polar surface area (TPSA) is 69.2 Å². The van der Waals surface area contributed by atoms with E-state index in [1.807, 2.05) is 38.1 Å². The quantitative estimate of drug-likeness (QED) is 0.671. The van der Waals surface area contributed by atoms with Gasteiger partial charge in [0.1, 0.15) is 5.75 Å². The number of carbonyl (C=O) groups excluding carboxylic acids is 1. The number of nitrogens with zero attached hydrogens (tertiary/aromatic N) is 1. The number of nitrogens with one attached hydrogen (secondary N) is 1. The predicted molar refractivity (Wildman–Crippen MR) is 94.3 cm³/mol. The molecule has 0 saturated carbocycles. The molecule has 3 rings (SSSR count). The number of benzene rings is 2. The fourth-order valence-corrected chi connectivity index (χ4v) is 2.51. The summed E-state index contributed by atoms with van der Waals surface area (Å²) < 4.78 is 16.2. The van der Waals surface area contributed by atoms with Crippen LogP contribution < -0.4 is 19.6 Å². The number of hydrogen-bond acceptors (Lipinski definition) is 5. The lowest BCUT2D eigenvalue weighted by Gasteiger charge is -2.14. The second kappa shape index (κ2) is 7.25. The van der Waals surface area contributed by atoms with Gasteiger partial charge in [-0.25, -0.2) is 5.43 Å². The lowest BCUT2D eigenvalue weighted by molar-refractivity contribution is -0.127. The summed E-state index contributed by atoms with van der Waals surface area (Å²) in [5, 5.41) is 3.96. The molecular weight excluding hydrogens is 320 g/mol. The van der Waals surface area contributed by atoms with Gasteiger partial charge in [-0.05, 0) is 67.8 Å². The van der Waals surface area contributed by atoms with E-state index in [9.17, 15) is 4.79 Å². The SMILES string of the molecule is Cc1cc(C)cc(O[C@@H](C)C(=O)NN=Cc2ccc3c(c2)OCO3)c1. The summed E-state index contributed by atoms with van der Waals surface area (Å²) in [5.41, 5.74) is 5.45. The second-order valence-electron chi connectivity index (χ2n) is 5.93. The summed E-state index contributed by atoms with van der Waals surface area (Å²) >= 11 is 0. The van der Waals surface area contributed by atoms with Gasteiger partial charge in [0, 0.05) is 0 Å². The van der Waals surface area contributed by atoms with Crippen molar-refractivity contribution in [2.24, 2.45) is 5.10 Å². The number of hydrogen-bond donors (Lipinski definition) is 1. The van der Waals surface area contributed by atoms with Gasteiger partial charge in [-0.1, -0.05) is 6.07 Å². The Morgan fingerprint density at radius 2 is 1.88 bits per heavy atom. The third-order valence-electron chi connectivity index (χ3n) is 3.66. The third kappa shape index (κ3) is 4.29. The fraction of sp³-hybridized carbons (Fsp3) is 0.263. The van der Waals surface area contributed by atoms with Gasteiger partial charge in [-0.2, -0.15) is 5.10 Å². The Kier molecular flexibility index (Phi) is 4.88. The van der Waals surface area contributed by atoms with Crippen LogP contribution in [0.5, 0.6) is 17.2 Å². The fourth-order valence-electron chi connectivity index (χ4n) is 2.51. The van der Waals surface area contributed by atoms with Crippen LogP contribution in [-0.2, 0) is 4.79 Å². The molecule has 1 heterocycles. The number of rotatable bonds is 5. The van der Waals surface area contributed by atoms with Crippen LogP contribution in [0.2, 0.25) is 0 Å². The van der Waals surface area contributed by atoms with Crippen LogP contribution in [0, 0.1) is 13.8 Å². The molecule has 0 spiro atoms. The van der Waals surface area contributed by atoms with E-state index >= 15 is 0 Å². The summed E-state index contributed by atoms with van der Waals surface area (Å²) in [6, 6.07) is 11.3. The summed E-state index contributed by atoms with van der Waals surface area (Å²) in [7, 11) is 0. The Labute approximate surface area is 146 Å². The van der Waals surface area contributed by atoms with E-state index in [-0.39, 0.29) is 12.7 Å². The zero-order valence-corrected chi connectivity index (χ0v) is 14.4. The first-order valence-corrected chi connectivity index (χ1v) is 7.99. The largest absolute Gasteiger partial charge is 0.481 e. The second-order valence-corrected chi connectivity index (χ2v) is 5.93. The molecule has 0 radical (unpaired) electrons. The predicted octanol–water partition coefficient (Wildman–Crippen LogP) is 2.95. The van der Waals surface area contributed by atoms with Crippen molar-refractivity contribution in [2.45, 2.75) is 26.9 Å². The standard InChI is InChI=1S/C19H20N2O4/c1-12-6-13(2)8-16(7-12)25-14(3)19(22)21-20-10-15-4-5-17-18(9-15)24-11-23-17/h4-10,14H,11H2,1-3H3,(H,21,22)/t14-/m0/s1. The molecule has 0 aromatic heterocycles. The molecule has 6 nitrogen and oxygen atoms in total. The van der Waals surface area contributed by atoms with E-state index in [0.717, 1.165) is 16.7 Å². The van der Waals surface area contributed by atoms with Gasteiger partial charge in [-0.15, -0.1) is 0 Å². The van der Waals surface area contributed by atoms with Gasteiger partial charge < -0.3 is 14.2 Å². The van der Waals surface area contributed by atoms with Crippen LogP contribution in [0.4, 0.5) is 0 Å². The molecule has 2 aromatic rings. The van der Waals surface area contributed by atoms with E-state index in [2.05, 4.69) is 10.5 Å². The van der Waals surface area contributed by atoms with Crippen LogP contribution in [0.1, 0.15) is 23.6 Å². The summed E-state index contributed by atoms with van der Waals surface area (Å²) in [4.78, 5) is 12.1. The molecule has 0 fully saturated rings. The van der Waals surface area contributed by atoms with Crippen LogP contribution in [-0.4, -0.2) is 25.0 Å². The maximum Gasteiger partial charge on any atom is 0.280 e. The molecule has 0 aliphatic carbocycles. The Balaban J connectivity index is 1.56. The average molecular weight is 340 g/mol. The number of fused-ring (bicyclic) bond motifs is 1. The van der Waals surface area contributed by atoms with Gasteiger partial charge in [0.05, 0.1) is 6.21 Å². The van der Waals surface area contributed by atoms with Crippen molar-refractivity contribution in [1.82, 2.24) is 5.43 Å². The minimum Gasteiger partial charge on any atom is -0.481 e. The number of amides is 1. The Morgan fingerprint density at radius 1 is 1.16 bits per heavy atom. The van der Waals surface area contributed by atoms with Crippen LogP contribution in [0.3, 0.4) is 0 Å². The van der Waals surface area contributed by atoms with Crippen molar-refractivity contribution in [1.29, 1.82) is 0 Å². The minimum absolute atomic E-state index is 0.222. The lowest BCUT2D eigenvalue weighted by Crippen LogP contribution is -2.33. The molecule has 1 atom stereocenters. The Hall–Kier alpha value is -3.02. The highest BCUT2D eigenvalue weighted by molar-refractivity contribution is 5.85. The highest BCUT2D eigenvalue weighted by Gasteiger charge is 2.15. The molecule has 25 heavy (non-hydrogen) atoms. The smallest absolute Gasteiger partial charge is 0.280 e. The van der Waals surface area contributed by atoms with Crippen molar-refractivity contribution in [3.05, 3.63) is 53.1 Å². The number of ether oxygens (including phenoxy) is 3. The van der Waals surface area contributed by atoms with E-state index in [4.69, 9.17) is 14.2 Å². The van der Waals surface area contributed by atoms with E-state index in [0.29, 0.717) is 17.2 Å². The van der Waals surface area contributed by atoms with Gasteiger partial charge in [0.2, 0.25) is 6.79 Å². The van der Waals surface area contributed by atoms with Crippen molar-refractivity contribution >= 4 is 12.1 Å². The number of hydrazone groups is 1. The molecule has 130 valence electrons. The molecule has 0 unspecified atom stereocenters. The first-order chi connectivity index (χ1) is 12.0. The zero-order chi connectivity index (χ0) is 17.8. The highest BCUT2D eigenvalue weighted by atomic mass is 16.7. The summed E-state index contributed by atoms with van der Waals surface area (Å²) in [6.07, 6.45) is 0.888. The molecular formula is C19H20N2O4. The van der Waals surface area contributed by atoms with Gasteiger partial charge >= 0.3 is 0 Å². The van der Waals surface area contributed by atoms with Crippen molar-refractivity contribution in [3.8, 4) is 17.2 Å². The first-order valence-electron chi connectivity index (χ1n) is 7.99. The molecule has 0 bridgehead atoms. The average Bonchev–Trinajstić information content (AvgIpc) is 3.01. The lowest BCUT2D eigenvalue weighted by atomic mass is 10.1. The first kappa shape index (κ1) is 16.8. The normalized spacial score (nSPS) is 13.7. The maximum absolute atomic E-state index is 12.1. The van der Waals surface area contributed by atoms with Gasteiger partial charge in [0.15, 0.2) is 17.6 Å². The third-order valence-corrected chi connectivity index (χ3v) is 3.66. The minimum atomic E-state index is -0.657. The number of aryl methyl sites for hydroxylation is 2. The monoisotopic (exact) mass is 340 g/mol. The molecule has 2 aromatic carbocycles. The van der Waals surface area contributed by atoms with E-state index in [1.165, 1.54) is 0 Å². The summed E-state index contributed by atoms with van der Waals surface area (Å²) in [6.45, 7) is 5.88. The van der Waals surface area contributed by atoms with Crippen molar-refractivity contribution in [3.63, 3.8) is 0 Å². The Bertz CT molecular complexity index is 797. The Morgan fingerprint density at radius 3 is 2.64 bits per heavy atom. The highest BCUT2D eigenvalue weighted by Crippen LogP contribution is 2.31. The molecule has 1 aliphatic heterocycles. The van der Waals surface area contributed by atoms with Crippen molar-refractivity contribution in [2.75, 3.05) is 6.79 Å². The molecule has 1 amide bonds. The van der Waals surface area contributed by atoms with Gasteiger partial charge in [-0.3, -0.25) is 4.79 Å². The molecule has 0 saturated heterocycles. The number of carbonyl (C=O) groups is 1. The van der Waals surface area contributed by atoms with Crippen molar-refractivity contribution < 1.29 is 19.0 Å². The maximum atomic E-state index is 12.1. The van der Waals surface area contributed by atoms with Gasteiger partial charge in [0.25, 0.3) is 5.91 Å². The molecule has 6 heteroatoms. The summed E-state index contributed by atoms with van der Waals surface area (Å²) in [5.74, 6) is 1.72. The van der Waals surface area contributed by atoms with Crippen LogP contribution in [0.25, 0.3) is 0 Å². The molecule has 1 aliphatic rings.